The maximum atomic E-state index is 12.7. The zero-order valence-corrected chi connectivity index (χ0v) is 10.9. The number of benzene rings is 1. The van der Waals surface area contributed by atoms with Gasteiger partial charge in [-0.2, -0.15) is 13.2 Å². The van der Waals surface area contributed by atoms with E-state index in [2.05, 4.69) is 10.2 Å². The summed E-state index contributed by atoms with van der Waals surface area (Å²) < 4.78 is 38.1. The van der Waals surface area contributed by atoms with Crippen molar-refractivity contribution >= 4 is 16.5 Å². The van der Waals surface area contributed by atoms with E-state index in [1.165, 1.54) is 17.4 Å². The molecule has 0 amide bonds. The zero-order valence-electron chi connectivity index (χ0n) is 10.1. The van der Waals surface area contributed by atoms with Crippen LogP contribution in [0.4, 0.5) is 18.3 Å². The minimum absolute atomic E-state index is 0.211. The quantitative estimate of drug-likeness (QED) is 0.936. The van der Waals surface area contributed by atoms with Gasteiger partial charge in [0.2, 0.25) is 5.13 Å². The molecule has 0 aliphatic heterocycles. The van der Waals surface area contributed by atoms with Crippen LogP contribution in [0.5, 0.6) is 0 Å². The lowest BCUT2D eigenvalue weighted by Gasteiger charge is -2.14. The van der Waals surface area contributed by atoms with E-state index in [-0.39, 0.29) is 5.92 Å². The Balaban J connectivity index is 2.39. The monoisotopic (exact) mass is 287 g/mol. The molecule has 1 aromatic carbocycles. The summed E-state index contributed by atoms with van der Waals surface area (Å²) in [6, 6.07) is 5.29. The predicted octanol–water partition coefficient (Wildman–Crippen LogP) is 3.68. The van der Waals surface area contributed by atoms with Crippen molar-refractivity contribution in [3.05, 3.63) is 40.4 Å². The first-order chi connectivity index (χ1) is 8.91. The molecule has 2 rings (SSSR count). The van der Waals surface area contributed by atoms with Crippen LogP contribution >= 0.6 is 11.3 Å². The highest BCUT2D eigenvalue weighted by Crippen LogP contribution is 2.35. The maximum absolute atomic E-state index is 12.7. The molecular weight excluding hydrogens is 275 g/mol. The molecule has 7 heteroatoms. The second-order valence-electron chi connectivity index (χ2n) is 4.06. The third-order valence-corrected chi connectivity index (χ3v) is 3.65. The van der Waals surface area contributed by atoms with Crippen LogP contribution in [0.1, 0.15) is 35.4 Å². The fourth-order valence-corrected chi connectivity index (χ4v) is 2.69. The molecule has 0 bridgehead atoms. The van der Waals surface area contributed by atoms with E-state index >= 15 is 0 Å². The van der Waals surface area contributed by atoms with Crippen LogP contribution in [0.2, 0.25) is 0 Å². The first-order valence-electron chi connectivity index (χ1n) is 5.68. The second kappa shape index (κ2) is 5.16. The van der Waals surface area contributed by atoms with Crippen molar-refractivity contribution in [3.8, 4) is 0 Å². The van der Waals surface area contributed by atoms with Crippen molar-refractivity contribution in [2.24, 2.45) is 0 Å². The van der Waals surface area contributed by atoms with Gasteiger partial charge in [0, 0.05) is 5.92 Å². The van der Waals surface area contributed by atoms with Gasteiger partial charge in [-0.05, 0) is 18.1 Å². The zero-order chi connectivity index (χ0) is 14.0. The van der Waals surface area contributed by atoms with Gasteiger partial charge in [-0.15, -0.1) is 10.2 Å². The third kappa shape index (κ3) is 3.04. The van der Waals surface area contributed by atoms with E-state index in [1.807, 2.05) is 6.92 Å². The Labute approximate surface area is 112 Å². The molecule has 0 saturated heterocycles. The molecule has 0 radical (unpaired) electrons. The minimum Gasteiger partial charge on any atom is -0.374 e. The smallest absolute Gasteiger partial charge is 0.374 e. The van der Waals surface area contributed by atoms with Gasteiger partial charge in [-0.25, -0.2) is 0 Å². The van der Waals surface area contributed by atoms with Crippen LogP contribution in [0, 0.1) is 0 Å². The lowest BCUT2D eigenvalue weighted by Crippen LogP contribution is -2.07. The van der Waals surface area contributed by atoms with Crippen LogP contribution in [-0.2, 0) is 6.18 Å². The topological polar surface area (TPSA) is 51.8 Å². The van der Waals surface area contributed by atoms with Crippen molar-refractivity contribution in [1.82, 2.24) is 10.2 Å². The Kier molecular flexibility index (Phi) is 3.75. The largest absolute Gasteiger partial charge is 0.416 e. The highest BCUT2D eigenvalue weighted by molar-refractivity contribution is 7.15. The summed E-state index contributed by atoms with van der Waals surface area (Å²) in [6.07, 6.45) is -3.70. The predicted molar refractivity (Wildman–Crippen MR) is 67.9 cm³/mol. The number of anilines is 1. The third-order valence-electron chi connectivity index (χ3n) is 2.78. The fourth-order valence-electron chi connectivity index (χ4n) is 1.87. The SMILES string of the molecule is CCC(c1cccc(C(F)(F)F)c1)c1nnc(N)s1. The van der Waals surface area contributed by atoms with Gasteiger partial charge >= 0.3 is 6.18 Å². The Hall–Kier alpha value is -1.63. The van der Waals surface area contributed by atoms with Gasteiger partial charge in [-0.1, -0.05) is 36.5 Å². The number of nitrogens with zero attached hydrogens (tertiary/aromatic N) is 2. The molecule has 0 spiro atoms. The molecule has 3 nitrogen and oxygen atoms in total. The van der Waals surface area contributed by atoms with Crippen molar-refractivity contribution < 1.29 is 13.2 Å². The number of halogens is 3. The van der Waals surface area contributed by atoms with Crippen LogP contribution in [0.15, 0.2) is 24.3 Å². The molecule has 1 aromatic heterocycles. The molecule has 2 N–H and O–H groups in total. The molecule has 0 aliphatic carbocycles. The molecule has 102 valence electrons. The number of hydrogen-bond acceptors (Lipinski definition) is 4. The Morgan fingerprint density at radius 3 is 2.58 bits per heavy atom. The summed E-state index contributed by atoms with van der Waals surface area (Å²) in [5.41, 5.74) is 5.44. The molecule has 1 heterocycles. The average Bonchev–Trinajstić information content (AvgIpc) is 2.76. The van der Waals surface area contributed by atoms with Crippen molar-refractivity contribution in [2.45, 2.75) is 25.4 Å². The minimum atomic E-state index is -4.34. The molecule has 1 atom stereocenters. The highest BCUT2D eigenvalue weighted by atomic mass is 32.1. The Morgan fingerprint density at radius 2 is 2.05 bits per heavy atom. The van der Waals surface area contributed by atoms with E-state index in [0.29, 0.717) is 22.1 Å². The number of hydrogen-bond donors (Lipinski definition) is 1. The number of nitrogens with two attached hydrogens (primary N) is 1. The molecular formula is C12H12F3N3S. The van der Waals surface area contributed by atoms with Crippen molar-refractivity contribution in [1.29, 1.82) is 0 Å². The number of aromatic nitrogens is 2. The number of alkyl halides is 3. The van der Waals surface area contributed by atoms with E-state index in [0.717, 1.165) is 12.1 Å². The van der Waals surface area contributed by atoms with E-state index < -0.39 is 11.7 Å². The van der Waals surface area contributed by atoms with Gasteiger partial charge < -0.3 is 5.73 Å². The lowest BCUT2D eigenvalue weighted by molar-refractivity contribution is -0.137. The van der Waals surface area contributed by atoms with Crippen molar-refractivity contribution in [2.75, 3.05) is 5.73 Å². The molecule has 0 fully saturated rings. The Bertz CT molecular complexity index is 565. The molecule has 19 heavy (non-hydrogen) atoms. The summed E-state index contributed by atoms with van der Waals surface area (Å²) in [4.78, 5) is 0. The van der Waals surface area contributed by atoms with E-state index in [4.69, 9.17) is 5.73 Å². The summed E-state index contributed by atoms with van der Waals surface area (Å²) >= 11 is 1.20. The lowest BCUT2D eigenvalue weighted by atomic mass is 9.95. The summed E-state index contributed by atoms with van der Waals surface area (Å²) in [7, 11) is 0. The first kappa shape index (κ1) is 13.8. The van der Waals surface area contributed by atoms with Gasteiger partial charge in [0.05, 0.1) is 5.56 Å². The summed E-state index contributed by atoms with van der Waals surface area (Å²) in [5.74, 6) is -0.211. The molecule has 0 saturated carbocycles. The van der Waals surface area contributed by atoms with Gasteiger partial charge in [0.15, 0.2) is 0 Å². The normalized spacial score (nSPS) is 13.5. The number of rotatable bonds is 3. The first-order valence-corrected chi connectivity index (χ1v) is 6.49. The number of nitrogen functional groups attached to an aromatic ring is 1. The van der Waals surface area contributed by atoms with Crippen LogP contribution < -0.4 is 5.73 Å². The van der Waals surface area contributed by atoms with Gasteiger partial charge in [0.1, 0.15) is 5.01 Å². The Morgan fingerprint density at radius 1 is 1.32 bits per heavy atom. The maximum Gasteiger partial charge on any atom is 0.416 e. The molecule has 1 unspecified atom stereocenters. The van der Waals surface area contributed by atoms with Gasteiger partial charge in [-0.3, -0.25) is 0 Å². The second-order valence-corrected chi connectivity index (χ2v) is 5.10. The van der Waals surface area contributed by atoms with Crippen molar-refractivity contribution in [3.63, 3.8) is 0 Å². The standard InChI is InChI=1S/C12H12F3N3S/c1-2-9(10-17-18-11(16)19-10)7-4-3-5-8(6-7)12(13,14)15/h3-6,9H,2H2,1H3,(H2,16,18). The highest BCUT2D eigenvalue weighted by Gasteiger charge is 2.31. The van der Waals surface area contributed by atoms with Crippen LogP contribution in [0.25, 0.3) is 0 Å². The molecule has 0 aliphatic rings. The molecule has 2 aromatic rings. The summed E-state index contributed by atoms with van der Waals surface area (Å²) in [5, 5.41) is 8.58. The van der Waals surface area contributed by atoms with E-state index in [9.17, 15) is 13.2 Å². The fraction of sp³-hybridized carbons (Fsp3) is 0.333. The summed E-state index contributed by atoms with van der Waals surface area (Å²) in [6.45, 7) is 1.89. The van der Waals surface area contributed by atoms with Crippen LogP contribution in [0.3, 0.4) is 0 Å². The van der Waals surface area contributed by atoms with Gasteiger partial charge in [0.25, 0.3) is 0 Å². The average molecular weight is 287 g/mol. The van der Waals surface area contributed by atoms with Crippen LogP contribution in [-0.4, -0.2) is 10.2 Å². The van der Waals surface area contributed by atoms with E-state index in [1.54, 1.807) is 6.07 Å².